The minimum absolute atomic E-state index is 0.372. The van der Waals surface area contributed by atoms with Crippen LogP contribution in [0.25, 0.3) is 0 Å². The van der Waals surface area contributed by atoms with Gasteiger partial charge in [-0.2, -0.15) is 0 Å². The maximum absolute atomic E-state index is 6.23. The van der Waals surface area contributed by atoms with Gasteiger partial charge >= 0.3 is 0 Å². The van der Waals surface area contributed by atoms with Crippen LogP contribution in [0.1, 0.15) is 39.5 Å². The van der Waals surface area contributed by atoms with Crippen LogP contribution in [-0.4, -0.2) is 30.7 Å². The van der Waals surface area contributed by atoms with Gasteiger partial charge in [-0.25, -0.2) is 0 Å². The second-order valence-corrected chi connectivity index (χ2v) is 5.47. The quantitative estimate of drug-likeness (QED) is 0.602. The molecule has 2 aliphatic heterocycles. The predicted molar refractivity (Wildman–Crippen MR) is 63.8 cm³/mol. The standard InChI is InChI=1S/C12H25N3/c1-8-3-4-11(13)12(15-8)10-5-6-14-9(2)7-10/h8-12,14-15H,3-7,13H2,1-2H3. The molecule has 3 nitrogen and oxygen atoms in total. The van der Waals surface area contributed by atoms with E-state index in [-0.39, 0.29) is 0 Å². The van der Waals surface area contributed by atoms with Crippen LogP contribution in [0, 0.1) is 5.92 Å². The Morgan fingerprint density at radius 3 is 2.60 bits per heavy atom. The smallest absolute Gasteiger partial charge is 0.0250 e. The SMILES string of the molecule is CC1CC(C2NC(C)CCC2N)CCN1. The van der Waals surface area contributed by atoms with Crippen molar-refractivity contribution in [1.82, 2.24) is 10.6 Å². The number of hydrogen-bond donors (Lipinski definition) is 3. The first kappa shape index (κ1) is 11.4. The van der Waals surface area contributed by atoms with Gasteiger partial charge in [-0.05, 0) is 52.0 Å². The highest BCUT2D eigenvalue weighted by Gasteiger charge is 2.33. The molecule has 5 atom stereocenters. The van der Waals surface area contributed by atoms with E-state index in [9.17, 15) is 0 Å². The van der Waals surface area contributed by atoms with Crippen molar-refractivity contribution in [2.45, 2.75) is 63.7 Å². The Morgan fingerprint density at radius 2 is 1.87 bits per heavy atom. The number of piperidine rings is 2. The molecule has 0 aromatic rings. The molecule has 2 rings (SSSR count). The Labute approximate surface area is 93.2 Å². The van der Waals surface area contributed by atoms with Crippen molar-refractivity contribution in [2.75, 3.05) is 6.54 Å². The van der Waals surface area contributed by atoms with E-state index < -0.39 is 0 Å². The molecule has 0 amide bonds. The van der Waals surface area contributed by atoms with Crippen LogP contribution in [0.2, 0.25) is 0 Å². The topological polar surface area (TPSA) is 50.1 Å². The van der Waals surface area contributed by atoms with Gasteiger partial charge in [0, 0.05) is 24.2 Å². The van der Waals surface area contributed by atoms with Crippen molar-refractivity contribution in [3.63, 3.8) is 0 Å². The molecule has 0 aliphatic carbocycles. The van der Waals surface area contributed by atoms with Crippen LogP contribution in [0.5, 0.6) is 0 Å². The lowest BCUT2D eigenvalue weighted by Gasteiger charge is -2.42. The summed E-state index contributed by atoms with van der Waals surface area (Å²) in [6.07, 6.45) is 4.98. The molecule has 0 aromatic heterocycles. The van der Waals surface area contributed by atoms with Crippen LogP contribution in [0.3, 0.4) is 0 Å². The minimum Gasteiger partial charge on any atom is -0.326 e. The summed E-state index contributed by atoms with van der Waals surface area (Å²) in [6.45, 7) is 5.72. The molecule has 15 heavy (non-hydrogen) atoms. The lowest BCUT2D eigenvalue weighted by molar-refractivity contribution is 0.177. The van der Waals surface area contributed by atoms with Gasteiger partial charge in [-0.3, -0.25) is 0 Å². The molecular weight excluding hydrogens is 186 g/mol. The van der Waals surface area contributed by atoms with Gasteiger partial charge < -0.3 is 16.4 Å². The zero-order valence-electron chi connectivity index (χ0n) is 10.00. The van der Waals surface area contributed by atoms with E-state index in [1.54, 1.807) is 0 Å². The zero-order valence-corrected chi connectivity index (χ0v) is 10.00. The third-order valence-electron chi connectivity index (χ3n) is 4.04. The van der Waals surface area contributed by atoms with Gasteiger partial charge in [-0.1, -0.05) is 0 Å². The number of hydrogen-bond acceptors (Lipinski definition) is 3. The van der Waals surface area contributed by atoms with Crippen molar-refractivity contribution in [3.05, 3.63) is 0 Å². The molecule has 0 bridgehead atoms. The maximum Gasteiger partial charge on any atom is 0.0250 e. The Hall–Kier alpha value is -0.120. The van der Waals surface area contributed by atoms with E-state index in [0.717, 1.165) is 12.5 Å². The average Bonchev–Trinajstić information content (AvgIpc) is 2.22. The van der Waals surface area contributed by atoms with E-state index in [1.165, 1.54) is 25.7 Å². The van der Waals surface area contributed by atoms with Crippen molar-refractivity contribution in [3.8, 4) is 0 Å². The van der Waals surface area contributed by atoms with Gasteiger partial charge in [0.2, 0.25) is 0 Å². The first-order valence-electron chi connectivity index (χ1n) is 6.42. The predicted octanol–water partition coefficient (Wildman–Crippen LogP) is 0.842. The zero-order chi connectivity index (χ0) is 10.8. The Bertz CT molecular complexity index is 207. The fraction of sp³-hybridized carbons (Fsp3) is 1.00. The molecule has 5 unspecified atom stereocenters. The van der Waals surface area contributed by atoms with E-state index in [4.69, 9.17) is 5.73 Å². The lowest BCUT2D eigenvalue weighted by Crippen LogP contribution is -2.58. The van der Waals surface area contributed by atoms with Crippen molar-refractivity contribution in [1.29, 1.82) is 0 Å². The van der Waals surface area contributed by atoms with Gasteiger partial charge in [-0.15, -0.1) is 0 Å². The molecule has 0 spiro atoms. The molecule has 88 valence electrons. The van der Waals surface area contributed by atoms with E-state index in [0.29, 0.717) is 24.2 Å². The molecule has 0 saturated carbocycles. The molecule has 2 fully saturated rings. The first-order valence-corrected chi connectivity index (χ1v) is 6.42. The van der Waals surface area contributed by atoms with Crippen LogP contribution < -0.4 is 16.4 Å². The maximum atomic E-state index is 6.23. The largest absolute Gasteiger partial charge is 0.326 e. The minimum atomic E-state index is 0.372. The number of nitrogens with two attached hydrogens (primary N) is 1. The second kappa shape index (κ2) is 4.81. The van der Waals surface area contributed by atoms with Crippen LogP contribution in [0.15, 0.2) is 0 Å². The summed E-state index contributed by atoms with van der Waals surface area (Å²) in [5.74, 6) is 0.777. The summed E-state index contributed by atoms with van der Waals surface area (Å²) >= 11 is 0. The summed E-state index contributed by atoms with van der Waals surface area (Å²) in [4.78, 5) is 0. The molecule has 0 radical (unpaired) electrons. The fourth-order valence-corrected chi connectivity index (χ4v) is 3.14. The highest BCUT2D eigenvalue weighted by atomic mass is 15.0. The highest BCUT2D eigenvalue weighted by molar-refractivity contribution is 4.94. The van der Waals surface area contributed by atoms with E-state index >= 15 is 0 Å². The molecule has 3 heteroatoms. The van der Waals surface area contributed by atoms with E-state index in [1.807, 2.05) is 0 Å². The summed E-state index contributed by atoms with van der Waals surface area (Å²) in [5.41, 5.74) is 6.23. The second-order valence-electron chi connectivity index (χ2n) is 5.47. The van der Waals surface area contributed by atoms with Crippen molar-refractivity contribution >= 4 is 0 Å². The first-order chi connectivity index (χ1) is 7.16. The van der Waals surface area contributed by atoms with Crippen LogP contribution in [0.4, 0.5) is 0 Å². The molecule has 2 heterocycles. The van der Waals surface area contributed by atoms with E-state index in [2.05, 4.69) is 24.5 Å². The average molecular weight is 211 g/mol. The fourth-order valence-electron chi connectivity index (χ4n) is 3.14. The normalized spacial score (nSPS) is 47.8. The van der Waals surface area contributed by atoms with Crippen LogP contribution in [-0.2, 0) is 0 Å². The molecule has 2 aliphatic rings. The van der Waals surface area contributed by atoms with Gasteiger partial charge in [0.05, 0.1) is 0 Å². The van der Waals surface area contributed by atoms with Gasteiger partial charge in [0.1, 0.15) is 0 Å². The van der Waals surface area contributed by atoms with Crippen molar-refractivity contribution < 1.29 is 0 Å². The molecule has 4 N–H and O–H groups in total. The molecular formula is C12H25N3. The lowest BCUT2D eigenvalue weighted by atomic mass is 9.79. The number of nitrogens with one attached hydrogen (secondary N) is 2. The Morgan fingerprint density at radius 1 is 1.07 bits per heavy atom. The summed E-state index contributed by atoms with van der Waals surface area (Å²) < 4.78 is 0. The van der Waals surface area contributed by atoms with Crippen molar-refractivity contribution in [2.24, 2.45) is 11.7 Å². The third kappa shape index (κ3) is 2.71. The summed E-state index contributed by atoms with van der Waals surface area (Å²) in [6, 6.07) is 2.24. The van der Waals surface area contributed by atoms with Gasteiger partial charge in [0.15, 0.2) is 0 Å². The Kier molecular flexibility index (Phi) is 3.65. The summed E-state index contributed by atoms with van der Waals surface area (Å²) in [7, 11) is 0. The third-order valence-corrected chi connectivity index (χ3v) is 4.04. The van der Waals surface area contributed by atoms with Gasteiger partial charge in [0.25, 0.3) is 0 Å². The number of rotatable bonds is 1. The molecule has 2 saturated heterocycles. The monoisotopic (exact) mass is 211 g/mol. The molecule has 0 aromatic carbocycles. The highest BCUT2D eigenvalue weighted by Crippen LogP contribution is 2.26. The Balaban J connectivity index is 1.94. The summed E-state index contributed by atoms with van der Waals surface area (Å²) in [5, 5.41) is 7.21. The van der Waals surface area contributed by atoms with Crippen LogP contribution >= 0.6 is 0 Å².